The molecule has 4 heteroatoms. The van der Waals surface area contributed by atoms with Gasteiger partial charge in [0.1, 0.15) is 0 Å². The van der Waals surface area contributed by atoms with Crippen LogP contribution < -0.4 is 5.32 Å². The highest BCUT2D eigenvalue weighted by atomic mass is 16.2. The van der Waals surface area contributed by atoms with Gasteiger partial charge in [-0.15, -0.1) is 0 Å². The van der Waals surface area contributed by atoms with Crippen LogP contribution in [0, 0.1) is 0 Å². The number of hydrogen-bond acceptors (Lipinski definition) is 3. The van der Waals surface area contributed by atoms with Crippen LogP contribution in [0.25, 0.3) is 11.1 Å². The maximum absolute atomic E-state index is 12.5. The summed E-state index contributed by atoms with van der Waals surface area (Å²) >= 11 is 0. The average Bonchev–Trinajstić information content (AvgIpc) is 2.62. The first-order chi connectivity index (χ1) is 11.2. The molecule has 2 aromatic carbocycles. The quantitative estimate of drug-likeness (QED) is 0.947. The van der Waals surface area contributed by atoms with E-state index in [0.717, 1.165) is 48.6 Å². The molecule has 1 fully saturated rings. The number of anilines is 1. The Morgan fingerprint density at radius 2 is 1.39 bits per heavy atom. The van der Waals surface area contributed by atoms with E-state index in [1.807, 2.05) is 36.2 Å². The van der Waals surface area contributed by atoms with Gasteiger partial charge in [-0.1, -0.05) is 24.3 Å². The van der Waals surface area contributed by atoms with E-state index in [9.17, 15) is 4.79 Å². The van der Waals surface area contributed by atoms with Gasteiger partial charge in [-0.2, -0.15) is 0 Å². The molecule has 1 saturated heterocycles. The Morgan fingerprint density at radius 1 is 0.870 bits per heavy atom. The lowest BCUT2D eigenvalue weighted by Crippen LogP contribution is -2.47. The second kappa shape index (κ2) is 6.84. The number of amides is 1. The van der Waals surface area contributed by atoms with Crippen molar-refractivity contribution in [2.75, 3.05) is 45.6 Å². The molecule has 0 unspecified atom stereocenters. The summed E-state index contributed by atoms with van der Waals surface area (Å²) in [6.07, 6.45) is 0. The number of likely N-dealkylation sites (N-methyl/N-ethyl adjacent to an activating group) is 1. The van der Waals surface area contributed by atoms with Gasteiger partial charge in [0.05, 0.1) is 0 Å². The molecule has 1 aliphatic heterocycles. The van der Waals surface area contributed by atoms with Gasteiger partial charge in [-0.05, 0) is 42.4 Å². The van der Waals surface area contributed by atoms with Crippen molar-refractivity contribution >= 4 is 11.6 Å². The number of benzene rings is 2. The van der Waals surface area contributed by atoms with Crippen LogP contribution in [0.4, 0.5) is 5.69 Å². The molecule has 0 aliphatic carbocycles. The van der Waals surface area contributed by atoms with Gasteiger partial charge >= 0.3 is 0 Å². The van der Waals surface area contributed by atoms with Crippen LogP contribution in [-0.2, 0) is 0 Å². The fraction of sp³-hybridized carbons (Fsp3) is 0.316. The lowest BCUT2D eigenvalue weighted by Gasteiger charge is -2.32. The molecule has 2 aromatic rings. The lowest BCUT2D eigenvalue weighted by atomic mass is 10.0. The van der Waals surface area contributed by atoms with E-state index in [2.05, 4.69) is 41.5 Å². The standard InChI is InChI=1S/C19H23N3O/c1-20-18-9-7-16(8-10-18)15-3-5-17(6-4-15)19(23)22-13-11-21(2)12-14-22/h3-10,20H,11-14H2,1-2H3. The van der Waals surface area contributed by atoms with Crippen LogP contribution >= 0.6 is 0 Å². The third-order valence-corrected chi connectivity index (χ3v) is 4.43. The van der Waals surface area contributed by atoms with Gasteiger partial charge < -0.3 is 15.1 Å². The first-order valence-corrected chi connectivity index (χ1v) is 8.03. The summed E-state index contributed by atoms with van der Waals surface area (Å²) in [7, 11) is 4.00. The number of hydrogen-bond donors (Lipinski definition) is 1. The summed E-state index contributed by atoms with van der Waals surface area (Å²) in [5, 5.41) is 3.12. The zero-order valence-electron chi connectivity index (χ0n) is 13.7. The van der Waals surface area contributed by atoms with Crippen LogP contribution in [0.15, 0.2) is 48.5 Å². The lowest BCUT2D eigenvalue weighted by molar-refractivity contribution is 0.0664. The van der Waals surface area contributed by atoms with E-state index >= 15 is 0 Å². The molecular formula is C19H23N3O. The van der Waals surface area contributed by atoms with Crippen molar-refractivity contribution in [3.63, 3.8) is 0 Å². The van der Waals surface area contributed by atoms with Gasteiger partial charge in [-0.25, -0.2) is 0 Å². The topological polar surface area (TPSA) is 35.6 Å². The Kier molecular flexibility index (Phi) is 4.63. The second-order valence-corrected chi connectivity index (χ2v) is 6.00. The summed E-state index contributed by atoms with van der Waals surface area (Å²) < 4.78 is 0. The zero-order chi connectivity index (χ0) is 16.2. The van der Waals surface area contributed by atoms with Crippen molar-refractivity contribution < 1.29 is 4.79 Å². The van der Waals surface area contributed by atoms with Crippen molar-refractivity contribution in [1.29, 1.82) is 0 Å². The Morgan fingerprint density at radius 3 is 1.91 bits per heavy atom. The second-order valence-electron chi connectivity index (χ2n) is 6.00. The van der Waals surface area contributed by atoms with Crippen molar-refractivity contribution in [3.8, 4) is 11.1 Å². The Hall–Kier alpha value is -2.33. The number of nitrogens with one attached hydrogen (secondary N) is 1. The van der Waals surface area contributed by atoms with Crippen molar-refractivity contribution in [3.05, 3.63) is 54.1 Å². The molecular weight excluding hydrogens is 286 g/mol. The van der Waals surface area contributed by atoms with E-state index in [1.165, 1.54) is 0 Å². The van der Waals surface area contributed by atoms with Crippen LogP contribution in [0.3, 0.4) is 0 Å². The largest absolute Gasteiger partial charge is 0.388 e. The summed E-state index contributed by atoms with van der Waals surface area (Å²) in [4.78, 5) is 16.7. The van der Waals surface area contributed by atoms with E-state index in [1.54, 1.807) is 0 Å². The monoisotopic (exact) mass is 309 g/mol. The van der Waals surface area contributed by atoms with Gasteiger partial charge in [0, 0.05) is 44.5 Å². The van der Waals surface area contributed by atoms with Crippen LogP contribution in [0.1, 0.15) is 10.4 Å². The maximum atomic E-state index is 12.5. The number of rotatable bonds is 3. The van der Waals surface area contributed by atoms with Gasteiger partial charge in [0.15, 0.2) is 0 Å². The predicted molar refractivity (Wildman–Crippen MR) is 94.8 cm³/mol. The Balaban J connectivity index is 1.72. The number of carbonyl (C=O) groups is 1. The molecule has 0 saturated carbocycles. The molecule has 0 spiro atoms. The molecule has 0 bridgehead atoms. The Bertz CT molecular complexity index is 656. The van der Waals surface area contributed by atoms with Crippen molar-refractivity contribution in [2.24, 2.45) is 0 Å². The highest BCUT2D eigenvalue weighted by Crippen LogP contribution is 2.22. The van der Waals surface area contributed by atoms with Crippen LogP contribution in [-0.4, -0.2) is 56.0 Å². The number of piperazine rings is 1. The predicted octanol–water partition coefficient (Wildman–Crippen LogP) is 2.78. The average molecular weight is 309 g/mol. The van der Waals surface area contributed by atoms with E-state index < -0.39 is 0 Å². The van der Waals surface area contributed by atoms with Crippen LogP contribution in [0.2, 0.25) is 0 Å². The molecule has 1 amide bonds. The minimum Gasteiger partial charge on any atom is -0.388 e. The molecule has 0 atom stereocenters. The normalized spacial score (nSPS) is 15.5. The first-order valence-electron chi connectivity index (χ1n) is 8.03. The number of carbonyl (C=O) groups excluding carboxylic acids is 1. The highest BCUT2D eigenvalue weighted by Gasteiger charge is 2.20. The molecule has 1 aliphatic rings. The third-order valence-electron chi connectivity index (χ3n) is 4.43. The maximum Gasteiger partial charge on any atom is 0.253 e. The highest BCUT2D eigenvalue weighted by molar-refractivity contribution is 5.94. The van der Waals surface area contributed by atoms with Crippen molar-refractivity contribution in [1.82, 2.24) is 9.80 Å². The van der Waals surface area contributed by atoms with Crippen LogP contribution in [0.5, 0.6) is 0 Å². The van der Waals surface area contributed by atoms with Gasteiger partial charge in [0.25, 0.3) is 5.91 Å². The zero-order valence-corrected chi connectivity index (χ0v) is 13.7. The SMILES string of the molecule is CNc1ccc(-c2ccc(C(=O)N3CCN(C)CC3)cc2)cc1. The minimum absolute atomic E-state index is 0.134. The molecule has 1 N–H and O–H groups in total. The molecule has 1 heterocycles. The molecule has 0 radical (unpaired) electrons. The molecule has 0 aromatic heterocycles. The van der Waals surface area contributed by atoms with E-state index in [0.29, 0.717) is 0 Å². The fourth-order valence-electron chi connectivity index (χ4n) is 2.83. The van der Waals surface area contributed by atoms with E-state index in [4.69, 9.17) is 0 Å². The first kappa shape index (κ1) is 15.6. The molecule has 120 valence electrons. The summed E-state index contributed by atoms with van der Waals surface area (Å²) in [6.45, 7) is 3.51. The summed E-state index contributed by atoms with van der Waals surface area (Å²) in [5.74, 6) is 0.134. The van der Waals surface area contributed by atoms with E-state index in [-0.39, 0.29) is 5.91 Å². The number of nitrogens with zero attached hydrogens (tertiary/aromatic N) is 2. The summed E-state index contributed by atoms with van der Waals surface area (Å²) in [5.41, 5.74) is 4.14. The smallest absolute Gasteiger partial charge is 0.253 e. The van der Waals surface area contributed by atoms with Gasteiger partial charge in [0.2, 0.25) is 0 Å². The van der Waals surface area contributed by atoms with Crippen molar-refractivity contribution in [2.45, 2.75) is 0 Å². The summed E-state index contributed by atoms with van der Waals surface area (Å²) in [6, 6.07) is 16.2. The minimum atomic E-state index is 0.134. The molecule has 4 nitrogen and oxygen atoms in total. The fourth-order valence-corrected chi connectivity index (χ4v) is 2.83. The molecule has 23 heavy (non-hydrogen) atoms. The third kappa shape index (κ3) is 3.54. The molecule has 3 rings (SSSR count). The van der Waals surface area contributed by atoms with Gasteiger partial charge in [-0.3, -0.25) is 4.79 Å². The Labute approximate surface area is 137 Å².